The summed E-state index contributed by atoms with van der Waals surface area (Å²) in [5.74, 6) is -1.67. The van der Waals surface area contributed by atoms with Crippen molar-refractivity contribution in [3.8, 4) is 0 Å². The molecule has 0 aromatic heterocycles. The maximum atomic E-state index is 12.2. The highest BCUT2D eigenvalue weighted by atomic mass is 16.5. The molecule has 0 saturated heterocycles. The Hall–Kier alpha value is -1.97. The molecule has 3 atom stereocenters. The van der Waals surface area contributed by atoms with Crippen molar-refractivity contribution in [2.75, 3.05) is 0 Å². The van der Waals surface area contributed by atoms with E-state index in [-0.39, 0.29) is 11.6 Å². The van der Waals surface area contributed by atoms with Crippen molar-refractivity contribution >= 4 is 17.5 Å². The lowest BCUT2D eigenvalue weighted by molar-refractivity contribution is -0.144. The van der Waals surface area contributed by atoms with E-state index >= 15 is 0 Å². The average Bonchev–Trinajstić information content (AvgIpc) is 2.71. The molecule has 0 radical (unpaired) electrons. The summed E-state index contributed by atoms with van der Waals surface area (Å²) in [4.78, 5) is 36.5. The van der Waals surface area contributed by atoms with Gasteiger partial charge in [-0.15, -0.1) is 0 Å². The second-order valence-electron chi connectivity index (χ2n) is 6.74. The molecular formula is C17H18O4. The van der Waals surface area contributed by atoms with Crippen LogP contribution in [-0.4, -0.2) is 23.6 Å². The summed E-state index contributed by atoms with van der Waals surface area (Å²) in [6.45, 7) is 5.64. The smallest absolute Gasteiger partial charge is 0.338 e. The quantitative estimate of drug-likeness (QED) is 0.619. The minimum Gasteiger partial charge on any atom is -0.458 e. The van der Waals surface area contributed by atoms with Gasteiger partial charge < -0.3 is 4.74 Å². The molecule has 21 heavy (non-hydrogen) atoms. The van der Waals surface area contributed by atoms with Gasteiger partial charge in [-0.2, -0.15) is 0 Å². The highest BCUT2D eigenvalue weighted by molar-refractivity contribution is 6.43. The zero-order valence-electron chi connectivity index (χ0n) is 12.4. The lowest BCUT2D eigenvalue weighted by Crippen LogP contribution is -2.38. The number of hydrogen-bond acceptors (Lipinski definition) is 4. The van der Waals surface area contributed by atoms with Crippen LogP contribution in [0.1, 0.15) is 37.6 Å². The molecule has 3 unspecified atom stereocenters. The molecule has 1 aromatic carbocycles. The summed E-state index contributed by atoms with van der Waals surface area (Å²) in [7, 11) is 0. The molecule has 2 aliphatic rings. The number of benzene rings is 1. The van der Waals surface area contributed by atoms with E-state index in [0.717, 1.165) is 0 Å². The van der Waals surface area contributed by atoms with Gasteiger partial charge in [0.1, 0.15) is 6.10 Å². The first-order valence-electron chi connectivity index (χ1n) is 7.14. The number of carbonyl (C=O) groups is 3. The number of Topliss-reactive ketones (excluding diaryl/α,β-unsaturated/α-hetero) is 2. The second-order valence-corrected chi connectivity index (χ2v) is 6.74. The van der Waals surface area contributed by atoms with E-state index in [0.29, 0.717) is 12.0 Å². The summed E-state index contributed by atoms with van der Waals surface area (Å²) in [5, 5.41) is 0. The van der Waals surface area contributed by atoms with Crippen LogP contribution in [0.15, 0.2) is 30.3 Å². The van der Waals surface area contributed by atoms with Crippen molar-refractivity contribution in [2.24, 2.45) is 16.7 Å². The van der Waals surface area contributed by atoms with Crippen molar-refractivity contribution in [1.29, 1.82) is 0 Å². The Morgan fingerprint density at radius 1 is 1.14 bits per heavy atom. The SMILES string of the molecule is CC12CC(OC(=O)c3ccccc3)C(C(=O)C1=O)C2(C)C. The molecule has 2 fully saturated rings. The molecule has 0 aliphatic heterocycles. The van der Waals surface area contributed by atoms with Crippen LogP contribution in [0.5, 0.6) is 0 Å². The van der Waals surface area contributed by atoms with Gasteiger partial charge in [-0.25, -0.2) is 4.79 Å². The highest BCUT2D eigenvalue weighted by Crippen LogP contribution is 2.62. The Labute approximate surface area is 123 Å². The number of fused-ring (bicyclic) bond motifs is 2. The fourth-order valence-electron chi connectivity index (χ4n) is 3.78. The molecule has 0 heterocycles. The third-order valence-electron chi connectivity index (χ3n) is 5.46. The third kappa shape index (κ3) is 1.71. The molecule has 2 aliphatic carbocycles. The van der Waals surface area contributed by atoms with Crippen LogP contribution in [0.3, 0.4) is 0 Å². The maximum Gasteiger partial charge on any atom is 0.338 e. The van der Waals surface area contributed by atoms with Crippen molar-refractivity contribution in [3.63, 3.8) is 0 Å². The molecule has 0 amide bonds. The topological polar surface area (TPSA) is 60.4 Å². The number of ether oxygens (including phenoxy) is 1. The monoisotopic (exact) mass is 286 g/mol. The Morgan fingerprint density at radius 2 is 1.76 bits per heavy atom. The molecule has 0 spiro atoms. The Balaban J connectivity index is 1.86. The van der Waals surface area contributed by atoms with Gasteiger partial charge in [-0.05, 0) is 24.0 Å². The zero-order chi connectivity index (χ0) is 15.4. The molecule has 2 saturated carbocycles. The van der Waals surface area contributed by atoms with Crippen molar-refractivity contribution in [2.45, 2.75) is 33.3 Å². The largest absolute Gasteiger partial charge is 0.458 e. The average molecular weight is 286 g/mol. The lowest BCUT2D eigenvalue weighted by Gasteiger charge is -2.30. The molecule has 110 valence electrons. The molecule has 4 nitrogen and oxygen atoms in total. The Bertz CT molecular complexity index is 631. The van der Waals surface area contributed by atoms with Crippen LogP contribution < -0.4 is 0 Å². The van der Waals surface area contributed by atoms with E-state index in [1.54, 1.807) is 24.3 Å². The number of hydrogen-bond donors (Lipinski definition) is 0. The first-order chi connectivity index (χ1) is 9.79. The predicted molar refractivity (Wildman–Crippen MR) is 75.7 cm³/mol. The van der Waals surface area contributed by atoms with E-state index in [4.69, 9.17) is 4.74 Å². The predicted octanol–water partition coefficient (Wildman–Crippen LogP) is 2.42. The molecule has 2 bridgehead atoms. The minimum atomic E-state index is -0.726. The van der Waals surface area contributed by atoms with Gasteiger partial charge in [0.2, 0.25) is 11.6 Å². The van der Waals surface area contributed by atoms with Gasteiger partial charge in [0.15, 0.2) is 0 Å². The standard InChI is InChI=1S/C17H18O4/c1-16(2)12-11(9-17(16,3)14(19)13(12)18)21-15(20)10-7-5-4-6-8-10/h4-8,11-12H,9H2,1-3H3. The second kappa shape index (κ2) is 4.26. The minimum absolute atomic E-state index is 0.315. The van der Waals surface area contributed by atoms with Gasteiger partial charge in [0.25, 0.3) is 0 Å². The van der Waals surface area contributed by atoms with E-state index in [9.17, 15) is 14.4 Å². The van der Waals surface area contributed by atoms with Gasteiger partial charge in [-0.3, -0.25) is 9.59 Å². The van der Waals surface area contributed by atoms with Crippen molar-refractivity contribution < 1.29 is 19.1 Å². The summed E-state index contributed by atoms with van der Waals surface area (Å²) >= 11 is 0. The number of ketones is 2. The zero-order valence-corrected chi connectivity index (χ0v) is 12.4. The van der Waals surface area contributed by atoms with E-state index < -0.39 is 28.8 Å². The molecule has 3 rings (SSSR count). The highest BCUT2D eigenvalue weighted by Gasteiger charge is 2.71. The summed E-state index contributed by atoms with van der Waals surface area (Å²) in [6.07, 6.45) is -0.0868. The first-order valence-corrected chi connectivity index (χ1v) is 7.14. The Morgan fingerprint density at radius 3 is 2.29 bits per heavy atom. The number of carbonyl (C=O) groups excluding carboxylic acids is 3. The summed E-state index contributed by atoms with van der Waals surface area (Å²) < 4.78 is 5.54. The number of esters is 1. The van der Waals surface area contributed by atoms with Crippen LogP contribution in [-0.2, 0) is 14.3 Å². The lowest BCUT2D eigenvalue weighted by atomic mass is 9.70. The van der Waals surface area contributed by atoms with Gasteiger partial charge >= 0.3 is 5.97 Å². The summed E-state index contributed by atoms with van der Waals surface area (Å²) in [5.41, 5.74) is -0.735. The van der Waals surface area contributed by atoms with Crippen molar-refractivity contribution in [3.05, 3.63) is 35.9 Å². The molecule has 0 N–H and O–H groups in total. The van der Waals surface area contributed by atoms with E-state index in [2.05, 4.69) is 0 Å². The fourth-order valence-corrected chi connectivity index (χ4v) is 3.78. The molecule has 4 heteroatoms. The molecule has 1 aromatic rings. The Kier molecular flexibility index (Phi) is 2.84. The first kappa shape index (κ1) is 14.0. The van der Waals surface area contributed by atoms with E-state index in [1.807, 2.05) is 26.8 Å². The molecular weight excluding hydrogens is 268 g/mol. The van der Waals surface area contributed by atoms with Gasteiger partial charge in [-0.1, -0.05) is 39.0 Å². The maximum absolute atomic E-state index is 12.2. The summed E-state index contributed by atoms with van der Waals surface area (Å²) in [6, 6.07) is 8.69. The van der Waals surface area contributed by atoms with Crippen LogP contribution >= 0.6 is 0 Å². The van der Waals surface area contributed by atoms with E-state index in [1.165, 1.54) is 0 Å². The van der Waals surface area contributed by atoms with Crippen LogP contribution in [0, 0.1) is 16.7 Å². The third-order valence-corrected chi connectivity index (χ3v) is 5.46. The van der Waals surface area contributed by atoms with Gasteiger partial charge in [0, 0.05) is 5.41 Å². The van der Waals surface area contributed by atoms with Crippen molar-refractivity contribution in [1.82, 2.24) is 0 Å². The van der Waals surface area contributed by atoms with Crippen LogP contribution in [0.25, 0.3) is 0 Å². The normalized spacial score (nSPS) is 33.3. The van der Waals surface area contributed by atoms with Crippen LogP contribution in [0.4, 0.5) is 0 Å². The van der Waals surface area contributed by atoms with Gasteiger partial charge in [0.05, 0.1) is 11.5 Å². The fraction of sp³-hybridized carbons (Fsp3) is 0.471. The number of rotatable bonds is 2. The van der Waals surface area contributed by atoms with Crippen LogP contribution in [0.2, 0.25) is 0 Å².